The van der Waals surface area contributed by atoms with Crippen molar-refractivity contribution in [1.29, 1.82) is 0 Å². The predicted octanol–water partition coefficient (Wildman–Crippen LogP) is 0.897. The molecule has 0 fully saturated rings. The van der Waals surface area contributed by atoms with Crippen molar-refractivity contribution < 1.29 is 14.9 Å². The zero-order valence-electron chi connectivity index (χ0n) is 6.86. The second-order valence-electron chi connectivity index (χ2n) is 1.94. The lowest BCUT2D eigenvalue weighted by Crippen LogP contribution is -2.04. The van der Waals surface area contributed by atoms with Crippen molar-refractivity contribution in [3.8, 4) is 0 Å². The van der Waals surface area contributed by atoms with E-state index in [1.54, 1.807) is 6.92 Å². The smallest absolute Gasteiger partial charge is 0.0829 e. The van der Waals surface area contributed by atoms with Crippen LogP contribution in [0, 0.1) is 5.92 Å². The lowest BCUT2D eigenvalue weighted by Gasteiger charge is -1.97. The first-order valence-electron chi connectivity index (χ1n) is 3.31. The molecule has 0 saturated heterocycles. The van der Waals surface area contributed by atoms with Crippen LogP contribution in [0.15, 0.2) is 25.7 Å². The first kappa shape index (κ1) is 12.8. The van der Waals surface area contributed by atoms with Crippen LogP contribution in [-0.2, 0) is 4.74 Å². The van der Waals surface area contributed by atoms with Crippen LogP contribution >= 0.6 is 0 Å². The molecule has 0 aromatic heterocycles. The maximum Gasteiger partial charge on any atom is 0.0829 e. The summed E-state index contributed by atoms with van der Waals surface area (Å²) in [6.45, 7) is 8.45. The molecule has 0 aromatic carbocycles. The van der Waals surface area contributed by atoms with E-state index in [0.29, 0.717) is 0 Å². The largest absolute Gasteiger partial charge is 0.474 e. The Kier molecular flexibility index (Phi) is 13.9. The van der Waals surface area contributed by atoms with E-state index in [4.69, 9.17) is 10.2 Å². The third kappa shape index (κ3) is 17.6. The first-order chi connectivity index (χ1) is 5.22. The minimum absolute atomic E-state index is 0.0463. The van der Waals surface area contributed by atoms with Crippen LogP contribution in [-0.4, -0.2) is 23.4 Å². The van der Waals surface area contributed by atoms with Gasteiger partial charge in [0.05, 0.1) is 12.5 Å². The second kappa shape index (κ2) is 11.9. The van der Waals surface area contributed by atoms with Crippen molar-refractivity contribution in [2.45, 2.75) is 6.92 Å². The van der Waals surface area contributed by atoms with E-state index < -0.39 is 0 Å². The highest BCUT2D eigenvalue weighted by molar-refractivity contribution is 4.57. The topological polar surface area (TPSA) is 49.7 Å². The molecule has 0 radical (unpaired) electrons. The van der Waals surface area contributed by atoms with Gasteiger partial charge in [0.1, 0.15) is 0 Å². The standard InChI is InChI=1S/C4H10O2.C4H6O/c1-4(2-5)3-6;1-3-5-4-2/h4-6H,2-3H2,1H3;3-4H,1-2H2. The molecular formula is C8H16O3. The summed E-state index contributed by atoms with van der Waals surface area (Å²) in [4.78, 5) is 0. The van der Waals surface area contributed by atoms with Crippen molar-refractivity contribution in [1.82, 2.24) is 0 Å². The summed E-state index contributed by atoms with van der Waals surface area (Å²) in [7, 11) is 0. The Balaban J connectivity index is 0. The van der Waals surface area contributed by atoms with Crippen molar-refractivity contribution >= 4 is 0 Å². The molecule has 0 aliphatic carbocycles. The summed E-state index contributed by atoms with van der Waals surface area (Å²) in [5, 5.41) is 16.3. The van der Waals surface area contributed by atoms with Gasteiger partial charge in [0.25, 0.3) is 0 Å². The fraction of sp³-hybridized carbons (Fsp3) is 0.500. The molecule has 2 N–H and O–H groups in total. The van der Waals surface area contributed by atoms with Gasteiger partial charge >= 0.3 is 0 Å². The van der Waals surface area contributed by atoms with Gasteiger partial charge in [0.2, 0.25) is 0 Å². The number of rotatable bonds is 4. The molecule has 0 unspecified atom stereocenters. The highest BCUT2D eigenvalue weighted by atomic mass is 16.5. The molecule has 0 aliphatic heterocycles. The van der Waals surface area contributed by atoms with E-state index >= 15 is 0 Å². The summed E-state index contributed by atoms with van der Waals surface area (Å²) in [5.74, 6) is 0.0463. The number of aliphatic hydroxyl groups excluding tert-OH is 2. The molecule has 0 rings (SSSR count). The Labute approximate surface area is 67.6 Å². The molecule has 11 heavy (non-hydrogen) atoms. The van der Waals surface area contributed by atoms with E-state index in [9.17, 15) is 0 Å². The third-order valence-electron chi connectivity index (χ3n) is 0.816. The summed E-state index contributed by atoms with van der Waals surface area (Å²) < 4.78 is 4.36. The van der Waals surface area contributed by atoms with Crippen LogP contribution in [0.25, 0.3) is 0 Å². The fourth-order valence-electron chi connectivity index (χ4n) is 0.126. The zero-order chi connectivity index (χ0) is 9.11. The van der Waals surface area contributed by atoms with Gasteiger partial charge in [-0.2, -0.15) is 0 Å². The molecule has 0 amide bonds. The molecule has 66 valence electrons. The highest BCUT2D eigenvalue weighted by Gasteiger charge is 1.91. The molecule has 0 aliphatic rings. The van der Waals surface area contributed by atoms with Gasteiger partial charge in [0, 0.05) is 19.1 Å². The Morgan fingerprint density at radius 2 is 1.64 bits per heavy atom. The summed E-state index contributed by atoms with van der Waals surface area (Å²) in [6.07, 6.45) is 2.62. The quantitative estimate of drug-likeness (QED) is 0.601. The normalized spacial score (nSPS) is 8.00. The highest BCUT2D eigenvalue weighted by Crippen LogP contribution is 1.85. The van der Waals surface area contributed by atoms with E-state index in [2.05, 4.69) is 17.9 Å². The Morgan fingerprint density at radius 3 is 1.64 bits per heavy atom. The minimum Gasteiger partial charge on any atom is -0.474 e. The summed E-state index contributed by atoms with van der Waals surface area (Å²) in [5.41, 5.74) is 0. The molecular weight excluding hydrogens is 144 g/mol. The van der Waals surface area contributed by atoms with Crippen LogP contribution in [0.2, 0.25) is 0 Å². The molecule has 0 atom stereocenters. The number of hydrogen-bond donors (Lipinski definition) is 2. The van der Waals surface area contributed by atoms with Crippen molar-refractivity contribution in [3.63, 3.8) is 0 Å². The van der Waals surface area contributed by atoms with Gasteiger partial charge in [-0.25, -0.2) is 0 Å². The van der Waals surface area contributed by atoms with Gasteiger partial charge in [-0.05, 0) is 0 Å². The molecule has 3 heteroatoms. The predicted molar refractivity (Wildman–Crippen MR) is 44.8 cm³/mol. The van der Waals surface area contributed by atoms with Crippen molar-refractivity contribution in [2.24, 2.45) is 5.92 Å². The van der Waals surface area contributed by atoms with Crippen LogP contribution in [0.5, 0.6) is 0 Å². The Hall–Kier alpha value is -0.800. The summed E-state index contributed by atoms with van der Waals surface area (Å²) >= 11 is 0. The lowest BCUT2D eigenvalue weighted by molar-refractivity contribution is 0.162. The molecule has 0 saturated carbocycles. The molecule has 3 nitrogen and oxygen atoms in total. The molecule has 0 spiro atoms. The number of aliphatic hydroxyl groups is 2. The van der Waals surface area contributed by atoms with Crippen LogP contribution in [0.4, 0.5) is 0 Å². The average Bonchev–Trinajstić information content (AvgIpc) is 2.06. The van der Waals surface area contributed by atoms with Crippen LogP contribution in [0.3, 0.4) is 0 Å². The van der Waals surface area contributed by atoms with Gasteiger partial charge in [-0.15, -0.1) is 0 Å². The zero-order valence-corrected chi connectivity index (χ0v) is 6.86. The first-order valence-corrected chi connectivity index (χ1v) is 3.31. The van der Waals surface area contributed by atoms with Crippen molar-refractivity contribution in [3.05, 3.63) is 25.7 Å². The Morgan fingerprint density at radius 1 is 1.27 bits per heavy atom. The van der Waals surface area contributed by atoms with Crippen LogP contribution < -0.4 is 0 Å². The molecule has 0 bridgehead atoms. The minimum atomic E-state index is 0.0463. The van der Waals surface area contributed by atoms with Gasteiger partial charge in [-0.1, -0.05) is 20.1 Å². The average molecular weight is 160 g/mol. The van der Waals surface area contributed by atoms with E-state index in [0.717, 1.165) is 0 Å². The lowest BCUT2D eigenvalue weighted by atomic mass is 10.2. The molecule has 0 aromatic rings. The molecule has 0 heterocycles. The van der Waals surface area contributed by atoms with Gasteiger partial charge in [0.15, 0.2) is 0 Å². The third-order valence-corrected chi connectivity index (χ3v) is 0.816. The van der Waals surface area contributed by atoms with Gasteiger partial charge < -0.3 is 14.9 Å². The maximum absolute atomic E-state index is 8.17. The Bertz CT molecular complexity index is 81.3. The number of ether oxygens (including phenoxy) is 1. The maximum atomic E-state index is 8.17. The van der Waals surface area contributed by atoms with E-state index in [1.807, 2.05) is 0 Å². The summed E-state index contributed by atoms with van der Waals surface area (Å²) in [6, 6.07) is 0. The van der Waals surface area contributed by atoms with E-state index in [-0.39, 0.29) is 19.1 Å². The van der Waals surface area contributed by atoms with Crippen molar-refractivity contribution in [2.75, 3.05) is 13.2 Å². The monoisotopic (exact) mass is 160 g/mol. The van der Waals surface area contributed by atoms with Crippen LogP contribution in [0.1, 0.15) is 6.92 Å². The van der Waals surface area contributed by atoms with Gasteiger partial charge in [-0.3, -0.25) is 0 Å². The number of hydrogen-bond acceptors (Lipinski definition) is 3. The van der Waals surface area contributed by atoms with E-state index in [1.165, 1.54) is 12.5 Å². The second-order valence-corrected chi connectivity index (χ2v) is 1.94. The SMILES string of the molecule is C=COC=C.CC(CO)CO. The fourth-order valence-corrected chi connectivity index (χ4v) is 0.126.